The fourth-order valence-electron chi connectivity index (χ4n) is 8.38. The van der Waals surface area contributed by atoms with Crippen LogP contribution < -0.4 is 5.32 Å². The number of rotatable bonds is 14. The van der Waals surface area contributed by atoms with Crippen molar-refractivity contribution in [1.29, 1.82) is 0 Å². The van der Waals surface area contributed by atoms with Crippen LogP contribution in [0, 0.1) is 29.6 Å². The van der Waals surface area contributed by atoms with E-state index in [-0.39, 0.29) is 0 Å². The van der Waals surface area contributed by atoms with Crippen molar-refractivity contribution in [2.75, 3.05) is 32.7 Å². The Kier molecular flexibility index (Phi) is 54.3. The van der Waals surface area contributed by atoms with Crippen LogP contribution in [0.2, 0.25) is 0 Å². The van der Waals surface area contributed by atoms with E-state index in [9.17, 15) is 0 Å². The minimum absolute atomic E-state index is 0.345. The molecule has 618 valence electrons. The summed E-state index contributed by atoms with van der Waals surface area (Å²) >= 11 is 3.33. The first-order chi connectivity index (χ1) is 53.3. The number of oxazole rings is 3. The number of hydrogen-bond donors (Lipinski definition) is 1. The number of aliphatic imine (C=N–C) groups is 4. The second-order valence-electron chi connectivity index (χ2n) is 29.9. The van der Waals surface area contributed by atoms with Crippen LogP contribution in [-0.4, -0.2) is 123 Å². The maximum Gasteiger partial charge on any atom is 0.228 e. The number of allylic oxidation sites excluding steroid dienone is 3. The highest BCUT2D eigenvalue weighted by molar-refractivity contribution is 7.09. The van der Waals surface area contributed by atoms with Gasteiger partial charge in [0.1, 0.15) is 40.8 Å². The van der Waals surface area contributed by atoms with Crippen molar-refractivity contribution in [2.24, 2.45) is 59.8 Å². The van der Waals surface area contributed by atoms with Crippen molar-refractivity contribution in [2.45, 2.75) is 254 Å². The van der Waals surface area contributed by atoms with Crippen LogP contribution in [0.1, 0.15) is 299 Å². The lowest BCUT2D eigenvalue weighted by atomic mass is 10.1. The average Bonchev–Trinajstić information content (AvgIpc) is 3.80. The smallest absolute Gasteiger partial charge is 0.228 e. The molecule has 0 spiro atoms. The first kappa shape index (κ1) is 101. The molecule has 0 atom stereocenters. The molecule has 5 aliphatic heterocycles. The van der Waals surface area contributed by atoms with Gasteiger partial charge in [-0.05, 0) is 85.4 Å². The van der Waals surface area contributed by atoms with E-state index >= 15 is 0 Å². The minimum Gasteiger partial charge on any atom is -0.469 e. The predicted octanol–water partition coefficient (Wildman–Crippen LogP) is 23.3. The second-order valence-corrected chi connectivity index (χ2v) is 31.7. The van der Waals surface area contributed by atoms with Gasteiger partial charge in [0, 0.05) is 114 Å². The highest BCUT2D eigenvalue weighted by Crippen LogP contribution is 2.19. The zero-order valence-corrected chi connectivity index (χ0v) is 74.3. The standard InChI is InChI=1S/3C7H11N.2C7H10O.C6H12N2.C6H10N2.3C6H9NO.C6H9NS.C5H9N3.C5H8N2O.C5H8N2S/c1-6(2)7-3-4-8-5-7;4*1-6(2)7-4-3-5-8-7;1-5(2)6-7-3-4-8-6;1-5(2)6-3-4-7-8-6;1-5(2)6-3-8-4-7-6;3*1-5(2)6-7-3-4-8-6;1-5(2)8-4-3-6-7-8;1-4(2)5-6-3-7-8-5;1-4(2)5-7-6-3-8-5/h3,5-6H,4H2,1-2H3;2*3-4,6H,5H2,1-2H3;2*3-6H,1-2H3;5H,3-4H2,1-2H3,(H,7,8);4-5H,3H2,1-2H3;5*3-5H,1-2H3;2*3-4H,1-2H3. The molecule has 9 aromatic rings. The van der Waals surface area contributed by atoms with Gasteiger partial charge in [-0.15, -0.1) is 38.0 Å². The maximum absolute atomic E-state index is 5.09. The summed E-state index contributed by atoms with van der Waals surface area (Å²) < 4.78 is 31.5. The molecule has 0 unspecified atom stereocenters. The monoisotopic (exact) mass is 1580 g/mol. The highest BCUT2D eigenvalue weighted by atomic mass is 32.1. The summed E-state index contributed by atoms with van der Waals surface area (Å²) in [5.74, 6) is 12.4. The molecule has 24 nitrogen and oxygen atoms in total. The molecular formula is C86H136N18O6S2. The fourth-order valence-corrected chi connectivity index (χ4v) is 9.61. The van der Waals surface area contributed by atoms with Crippen molar-refractivity contribution < 1.29 is 26.6 Å². The Labute approximate surface area is 678 Å². The summed E-state index contributed by atoms with van der Waals surface area (Å²) in [6, 6.07) is 8.23. The van der Waals surface area contributed by atoms with Crippen molar-refractivity contribution in [3.8, 4) is 0 Å². The Balaban J connectivity index is 0.000000603. The van der Waals surface area contributed by atoms with Gasteiger partial charge in [-0.25, -0.2) is 19.9 Å². The molecule has 0 amide bonds. The van der Waals surface area contributed by atoms with Crippen LogP contribution in [-0.2, 0) is 0 Å². The molecule has 5 aliphatic rings. The topological polar surface area (TPSA) is 299 Å². The lowest BCUT2D eigenvalue weighted by Crippen LogP contribution is -2.23. The molecule has 0 aliphatic carbocycles. The van der Waals surface area contributed by atoms with E-state index in [0.29, 0.717) is 88.9 Å². The lowest BCUT2D eigenvalue weighted by molar-refractivity contribution is 0.364. The van der Waals surface area contributed by atoms with E-state index < -0.39 is 0 Å². The molecule has 0 saturated heterocycles. The third-order valence-electron chi connectivity index (χ3n) is 15.2. The zero-order chi connectivity index (χ0) is 83.8. The average molecular weight is 1580 g/mol. The predicted molar refractivity (Wildman–Crippen MR) is 466 cm³/mol. The quantitative estimate of drug-likeness (QED) is 0.106. The van der Waals surface area contributed by atoms with Crippen molar-refractivity contribution >= 4 is 58.1 Å². The summed E-state index contributed by atoms with van der Waals surface area (Å²) in [6.07, 6.45) is 35.2. The van der Waals surface area contributed by atoms with E-state index in [1.54, 1.807) is 82.8 Å². The normalized spacial score (nSPS) is 13.0. The Morgan fingerprint density at radius 2 is 1.06 bits per heavy atom. The van der Waals surface area contributed by atoms with Gasteiger partial charge in [0.2, 0.25) is 5.89 Å². The van der Waals surface area contributed by atoms with Crippen LogP contribution >= 0.6 is 22.7 Å². The fraction of sp³-hybridized carbons (Fsp3) is 0.558. The van der Waals surface area contributed by atoms with E-state index in [4.69, 9.17) is 26.6 Å². The number of aromatic nitrogens is 11. The number of nitrogens with zero attached hydrogens (tertiary/aromatic N) is 17. The summed E-state index contributed by atoms with van der Waals surface area (Å²) in [5, 5.41) is 33.7. The second kappa shape index (κ2) is 60.4. The molecule has 0 radical (unpaired) electrons. The Bertz CT molecular complexity index is 3240. The zero-order valence-electron chi connectivity index (χ0n) is 72.6. The van der Waals surface area contributed by atoms with Gasteiger partial charge in [0.15, 0.2) is 24.5 Å². The summed E-state index contributed by atoms with van der Waals surface area (Å²) in [4.78, 5) is 36.6. The van der Waals surface area contributed by atoms with Crippen LogP contribution in [0.5, 0.6) is 0 Å². The van der Waals surface area contributed by atoms with E-state index in [2.05, 4.69) is 269 Å². The van der Waals surface area contributed by atoms with Gasteiger partial charge in [-0.3, -0.25) is 24.7 Å². The summed E-state index contributed by atoms with van der Waals surface area (Å²) in [5.41, 5.74) is 7.84. The van der Waals surface area contributed by atoms with Gasteiger partial charge < -0.3 is 31.9 Å². The van der Waals surface area contributed by atoms with E-state index in [1.165, 1.54) is 46.3 Å². The van der Waals surface area contributed by atoms with Gasteiger partial charge in [0.05, 0.1) is 73.8 Å². The highest BCUT2D eigenvalue weighted by Gasteiger charge is 2.10. The Morgan fingerprint density at radius 1 is 0.491 bits per heavy atom. The lowest BCUT2D eigenvalue weighted by Gasteiger charge is -2.02. The van der Waals surface area contributed by atoms with Crippen molar-refractivity contribution in [1.82, 2.24) is 60.6 Å². The molecule has 0 aromatic carbocycles. The van der Waals surface area contributed by atoms with Crippen molar-refractivity contribution in [3.63, 3.8) is 0 Å². The van der Waals surface area contributed by atoms with Crippen LogP contribution in [0.15, 0.2) is 203 Å². The van der Waals surface area contributed by atoms with Gasteiger partial charge in [-0.1, -0.05) is 209 Å². The third-order valence-corrected chi connectivity index (χ3v) is 17.2. The number of nitrogens with one attached hydrogen (secondary N) is 1. The van der Waals surface area contributed by atoms with E-state index in [0.717, 1.165) is 73.1 Å². The largest absolute Gasteiger partial charge is 0.469 e. The molecule has 9 aromatic heterocycles. The van der Waals surface area contributed by atoms with Crippen LogP contribution in [0.4, 0.5) is 0 Å². The van der Waals surface area contributed by atoms with E-state index in [1.807, 2.05) is 96.0 Å². The summed E-state index contributed by atoms with van der Waals surface area (Å²) in [6.45, 7) is 63.7. The number of furan rings is 2. The molecule has 14 heterocycles. The molecule has 0 bridgehead atoms. The number of hydrogen-bond acceptors (Lipinski definition) is 25. The van der Waals surface area contributed by atoms with Crippen molar-refractivity contribution in [3.05, 3.63) is 191 Å². The van der Waals surface area contributed by atoms with Gasteiger partial charge >= 0.3 is 0 Å². The minimum atomic E-state index is 0.345. The molecule has 26 heteroatoms. The van der Waals surface area contributed by atoms with Crippen LogP contribution in [0.3, 0.4) is 0 Å². The molecule has 1 N–H and O–H groups in total. The summed E-state index contributed by atoms with van der Waals surface area (Å²) in [7, 11) is 0. The Morgan fingerprint density at radius 3 is 1.26 bits per heavy atom. The molecule has 14 rings (SSSR count). The number of thiazole rings is 1. The first-order valence-corrected chi connectivity index (χ1v) is 41.0. The first-order valence-electron chi connectivity index (χ1n) is 39.3. The molecule has 112 heavy (non-hydrogen) atoms. The Hall–Kier alpha value is -9.30. The molecular weight excluding hydrogens is 1450 g/mol. The molecule has 0 saturated carbocycles. The molecule has 0 fully saturated rings. The maximum atomic E-state index is 5.09. The number of amidine groups is 1. The SMILES string of the molecule is CC(C)C1=CCN=C1.CC(C)C1=NCC=C1.CC(C)C1=NCC=C1.CC(C)C1=NCCN1.CC(C)C1=NN=CC1.CC(C)c1ccco1.CC(C)c1ccco1.CC(C)c1cocn1.CC(C)c1ncco1.CC(C)c1ncco1.CC(C)c1nccs1.CC(C)c1ncno1.CC(C)c1nncs1.CC(C)n1ccnn1. The third kappa shape index (κ3) is 47.8. The van der Waals surface area contributed by atoms with Crippen LogP contribution in [0.25, 0.3) is 0 Å². The van der Waals surface area contributed by atoms with Gasteiger partial charge in [-0.2, -0.15) is 15.2 Å². The van der Waals surface area contributed by atoms with Gasteiger partial charge in [0.25, 0.3) is 0 Å².